The first-order valence-corrected chi connectivity index (χ1v) is 12.5. The molecule has 156 valence electrons. The predicted octanol–water partition coefficient (Wildman–Crippen LogP) is 1.92. The molecule has 0 radical (unpaired) electrons. The zero-order valence-corrected chi connectivity index (χ0v) is 17.7. The Bertz CT molecular complexity index is 1070. The van der Waals surface area contributed by atoms with Crippen molar-refractivity contribution in [3.63, 3.8) is 0 Å². The number of carbonyl (C=O) groups is 1. The fourth-order valence-corrected chi connectivity index (χ4v) is 5.20. The zero-order valence-electron chi connectivity index (χ0n) is 16.1. The van der Waals surface area contributed by atoms with E-state index in [1.165, 1.54) is 24.3 Å². The van der Waals surface area contributed by atoms with Crippen molar-refractivity contribution in [3.8, 4) is 0 Å². The van der Waals surface area contributed by atoms with Crippen LogP contribution in [0, 0.1) is 6.92 Å². The lowest BCUT2D eigenvalue weighted by atomic mass is 10.2. The van der Waals surface area contributed by atoms with Crippen LogP contribution in [0.25, 0.3) is 0 Å². The second-order valence-electron chi connectivity index (χ2n) is 7.20. The number of nitrogens with one attached hydrogen (secondary N) is 2. The lowest BCUT2D eigenvalue weighted by Gasteiger charge is -2.08. The summed E-state index contributed by atoms with van der Waals surface area (Å²) in [6, 6.07) is 12.8. The fraction of sp³-hybridized carbons (Fsp3) is 0.350. The van der Waals surface area contributed by atoms with Gasteiger partial charge in [-0.2, -0.15) is 0 Å². The van der Waals surface area contributed by atoms with Gasteiger partial charge in [0.15, 0.2) is 9.84 Å². The minimum atomic E-state index is -3.52. The van der Waals surface area contributed by atoms with Crippen LogP contribution >= 0.6 is 0 Å². The van der Waals surface area contributed by atoms with E-state index in [1.807, 2.05) is 6.92 Å². The summed E-state index contributed by atoms with van der Waals surface area (Å²) < 4.78 is 51.5. The van der Waals surface area contributed by atoms with Gasteiger partial charge in [-0.15, -0.1) is 0 Å². The number of rotatable bonds is 9. The number of sulfonamides is 1. The standard InChI is InChI=1S/C20H24N2O5S2/c1-15-2-8-18(9-3-15)28(24,25)13-12-20(23)21-14-16-4-10-19(11-5-16)29(26,27)22-17-6-7-17/h2-5,8-11,17,22H,6-7,12-14H2,1H3,(H,21,23). The molecule has 1 fully saturated rings. The van der Waals surface area contributed by atoms with E-state index in [4.69, 9.17) is 0 Å². The third-order valence-corrected chi connectivity index (χ3v) is 7.87. The van der Waals surface area contributed by atoms with E-state index in [0.717, 1.165) is 24.0 Å². The first-order valence-electron chi connectivity index (χ1n) is 9.33. The summed E-state index contributed by atoms with van der Waals surface area (Å²) in [4.78, 5) is 12.4. The van der Waals surface area contributed by atoms with Gasteiger partial charge in [0, 0.05) is 19.0 Å². The number of sulfone groups is 1. The van der Waals surface area contributed by atoms with Crippen LogP contribution in [0.2, 0.25) is 0 Å². The van der Waals surface area contributed by atoms with Gasteiger partial charge < -0.3 is 5.32 Å². The minimum absolute atomic E-state index is 0.0372. The van der Waals surface area contributed by atoms with Gasteiger partial charge in [-0.1, -0.05) is 29.8 Å². The maximum atomic E-state index is 12.3. The quantitative estimate of drug-likeness (QED) is 0.624. The molecule has 29 heavy (non-hydrogen) atoms. The third-order valence-electron chi connectivity index (χ3n) is 4.60. The van der Waals surface area contributed by atoms with Crippen LogP contribution in [0.1, 0.15) is 30.4 Å². The fourth-order valence-electron chi connectivity index (χ4n) is 2.65. The molecule has 0 bridgehead atoms. The van der Waals surface area contributed by atoms with Crippen LogP contribution in [0.5, 0.6) is 0 Å². The molecule has 3 rings (SSSR count). The Morgan fingerprint density at radius 3 is 2.10 bits per heavy atom. The minimum Gasteiger partial charge on any atom is -0.352 e. The molecular weight excluding hydrogens is 412 g/mol. The molecule has 0 spiro atoms. The van der Waals surface area contributed by atoms with E-state index >= 15 is 0 Å². The second-order valence-corrected chi connectivity index (χ2v) is 11.0. The maximum absolute atomic E-state index is 12.3. The molecule has 1 saturated carbocycles. The zero-order chi connectivity index (χ0) is 21.1. The van der Waals surface area contributed by atoms with E-state index in [9.17, 15) is 21.6 Å². The Morgan fingerprint density at radius 2 is 1.52 bits per heavy atom. The molecule has 0 aromatic heterocycles. The number of hydrogen-bond donors (Lipinski definition) is 2. The van der Waals surface area contributed by atoms with Crippen molar-refractivity contribution in [1.82, 2.24) is 10.0 Å². The van der Waals surface area contributed by atoms with Crippen LogP contribution < -0.4 is 10.0 Å². The molecule has 0 saturated heterocycles. The van der Waals surface area contributed by atoms with Gasteiger partial charge in [-0.05, 0) is 49.6 Å². The summed E-state index contributed by atoms with van der Waals surface area (Å²) in [6.07, 6.45) is 1.58. The van der Waals surface area contributed by atoms with E-state index in [-0.39, 0.29) is 40.5 Å². The molecule has 1 aliphatic carbocycles. The molecule has 2 aromatic carbocycles. The molecule has 1 aliphatic rings. The Labute approximate surface area is 171 Å². The van der Waals surface area contributed by atoms with Crippen molar-refractivity contribution in [2.75, 3.05) is 5.75 Å². The summed E-state index contributed by atoms with van der Waals surface area (Å²) in [5, 5.41) is 2.66. The topological polar surface area (TPSA) is 109 Å². The van der Waals surface area contributed by atoms with Crippen LogP contribution in [-0.2, 0) is 31.2 Å². The highest BCUT2D eigenvalue weighted by Crippen LogP contribution is 2.22. The summed E-state index contributed by atoms with van der Waals surface area (Å²) in [5.74, 6) is -0.654. The number of carbonyl (C=O) groups excluding carboxylic acids is 1. The third kappa shape index (κ3) is 6.12. The maximum Gasteiger partial charge on any atom is 0.240 e. The largest absolute Gasteiger partial charge is 0.352 e. The molecular formula is C20H24N2O5S2. The molecule has 9 heteroatoms. The number of benzene rings is 2. The van der Waals surface area contributed by atoms with Gasteiger partial charge in [0.25, 0.3) is 0 Å². The van der Waals surface area contributed by atoms with Crippen LogP contribution in [0.3, 0.4) is 0 Å². The molecule has 2 aromatic rings. The molecule has 0 unspecified atom stereocenters. The monoisotopic (exact) mass is 436 g/mol. The van der Waals surface area contributed by atoms with Crippen molar-refractivity contribution in [2.45, 2.75) is 48.6 Å². The Morgan fingerprint density at radius 1 is 0.931 bits per heavy atom. The van der Waals surface area contributed by atoms with Crippen molar-refractivity contribution < 1.29 is 21.6 Å². The Kier molecular flexibility index (Phi) is 6.40. The number of amides is 1. The molecule has 0 atom stereocenters. The van der Waals surface area contributed by atoms with Crippen molar-refractivity contribution in [1.29, 1.82) is 0 Å². The summed E-state index contributed by atoms with van der Waals surface area (Å²) >= 11 is 0. The van der Waals surface area contributed by atoms with Crippen LogP contribution in [0.4, 0.5) is 0 Å². The Hall–Kier alpha value is -2.23. The normalized spacial score (nSPS) is 14.5. The SMILES string of the molecule is Cc1ccc(S(=O)(=O)CCC(=O)NCc2ccc(S(=O)(=O)NC3CC3)cc2)cc1. The van der Waals surface area contributed by atoms with E-state index in [2.05, 4.69) is 10.0 Å². The van der Waals surface area contributed by atoms with E-state index in [0.29, 0.717) is 0 Å². The van der Waals surface area contributed by atoms with Gasteiger partial charge in [-0.25, -0.2) is 21.6 Å². The first kappa shape index (κ1) is 21.5. The van der Waals surface area contributed by atoms with Gasteiger partial charge >= 0.3 is 0 Å². The molecule has 7 nitrogen and oxygen atoms in total. The van der Waals surface area contributed by atoms with Gasteiger partial charge in [0.2, 0.25) is 15.9 Å². The van der Waals surface area contributed by atoms with E-state index in [1.54, 1.807) is 24.3 Å². The molecule has 1 amide bonds. The average Bonchev–Trinajstić information content (AvgIpc) is 3.49. The van der Waals surface area contributed by atoms with Gasteiger partial charge in [-0.3, -0.25) is 4.79 Å². The molecule has 0 aliphatic heterocycles. The lowest BCUT2D eigenvalue weighted by molar-refractivity contribution is -0.120. The highest BCUT2D eigenvalue weighted by molar-refractivity contribution is 7.91. The van der Waals surface area contributed by atoms with Gasteiger partial charge in [0.1, 0.15) is 0 Å². The summed E-state index contributed by atoms with van der Waals surface area (Å²) in [5.41, 5.74) is 1.69. The van der Waals surface area contributed by atoms with E-state index < -0.39 is 19.9 Å². The van der Waals surface area contributed by atoms with Crippen molar-refractivity contribution in [2.24, 2.45) is 0 Å². The summed E-state index contributed by atoms with van der Waals surface area (Å²) in [7, 11) is -7.02. The van der Waals surface area contributed by atoms with Crippen LogP contribution in [-0.4, -0.2) is 34.5 Å². The number of hydrogen-bond acceptors (Lipinski definition) is 5. The highest BCUT2D eigenvalue weighted by Gasteiger charge is 2.27. The smallest absolute Gasteiger partial charge is 0.240 e. The summed E-state index contributed by atoms with van der Waals surface area (Å²) in [6.45, 7) is 2.06. The molecule has 0 heterocycles. The Balaban J connectivity index is 1.49. The predicted molar refractivity (Wildman–Crippen MR) is 109 cm³/mol. The lowest BCUT2D eigenvalue weighted by Crippen LogP contribution is -2.26. The molecule has 2 N–H and O–H groups in total. The van der Waals surface area contributed by atoms with Crippen molar-refractivity contribution in [3.05, 3.63) is 59.7 Å². The highest BCUT2D eigenvalue weighted by atomic mass is 32.2. The van der Waals surface area contributed by atoms with Crippen molar-refractivity contribution >= 4 is 25.8 Å². The second kappa shape index (κ2) is 8.64. The van der Waals surface area contributed by atoms with Gasteiger partial charge in [0.05, 0.1) is 15.5 Å². The van der Waals surface area contributed by atoms with Crippen LogP contribution in [0.15, 0.2) is 58.3 Å². The average molecular weight is 437 g/mol. The number of aryl methyl sites for hydroxylation is 1. The first-order chi connectivity index (χ1) is 13.7.